The van der Waals surface area contributed by atoms with Crippen molar-refractivity contribution in [3.63, 3.8) is 0 Å². The highest BCUT2D eigenvalue weighted by Crippen LogP contribution is 2.38. The van der Waals surface area contributed by atoms with E-state index < -0.39 is 23.5 Å². The van der Waals surface area contributed by atoms with E-state index in [-0.39, 0.29) is 18.1 Å². The summed E-state index contributed by atoms with van der Waals surface area (Å²) in [6, 6.07) is 11.5. The summed E-state index contributed by atoms with van der Waals surface area (Å²) in [6.45, 7) is 0.589. The van der Waals surface area contributed by atoms with Crippen LogP contribution >= 0.6 is 11.6 Å². The molecule has 2 N–H and O–H groups in total. The third-order valence-corrected chi connectivity index (χ3v) is 7.27. The second-order valence-corrected chi connectivity index (χ2v) is 10.1. The molecule has 1 aliphatic rings. The fourth-order valence-corrected chi connectivity index (χ4v) is 5.13. The number of aromatic carboxylic acids is 1. The molecule has 1 unspecified atom stereocenters. The molecule has 2 aromatic carbocycles. The van der Waals surface area contributed by atoms with Gasteiger partial charge < -0.3 is 24.3 Å². The molecule has 2 aromatic heterocycles. The maximum absolute atomic E-state index is 13.7. The zero-order chi connectivity index (χ0) is 28.9. The summed E-state index contributed by atoms with van der Waals surface area (Å²) in [5, 5.41) is 12.5. The van der Waals surface area contributed by atoms with Crippen molar-refractivity contribution in [1.82, 2.24) is 9.55 Å². The number of nitrogens with one attached hydrogen (secondary N) is 1. The lowest BCUT2D eigenvalue weighted by Crippen LogP contribution is -2.36. The molecule has 0 saturated carbocycles. The Morgan fingerprint density at radius 2 is 1.95 bits per heavy atom. The van der Waals surface area contributed by atoms with Crippen molar-refractivity contribution < 1.29 is 28.6 Å². The maximum Gasteiger partial charge on any atom is 0.335 e. The number of benzene rings is 2. The number of anilines is 1. The number of carbonyl (C=O) groups is 2. The minimum Gasteiger partial charge on any atom is -0.495 e. The van der Waals surface area contributed by atoms with Gasteiger partial charge in [0.25, 0.3) is 5.56 Å². The lowest BCUT2D eigenvalue weighted by atomic mass is 9.97. The molecule has 0 spiro atoms. The average Bonchev–Trinajstić information content (AvgIpc) is 3.51. The first-order chi connectivity index (χ1) is 19.8. The van der Waals surface area contributed by atoms with Crippen molar-refractivity contribution in [3.05, 3.63) is 88.3 Å². The van der Waals surface area contributed by atoms with Gasteiger partial charge in [-0.25, -0.2) is 9.78 Å². The Morgan fingerprint density at radius 3 is 2.61 bits per heavy atom. The van der Waals surface area contributed by atoms with Gasteiger partial charge in [-0.3, -0.25) is 14.2 Å². The summed E-state index contributed by atoms with van der Waals surface area (Å²) < 4.78 is 18.5. The van der Waals surface area contributed by atoms with Gasteiger partial charge in [0.2, 0.25) is 5.91 Å². The Hall–Kier alpha value is -4.41. The SMILES string of the molecule is COc1cn(C(C[C@@H]2CCCCO2)C(=O)Nc2ccc(C(=O)O)cc2)c(=O)cc1-c1cc(Cl)ccc1-c1cnco1. The van der Waals surface area contributed by atoms with E-state index in [0.717, 1.165) is 19.3 Å². The summed E-state index contributed by atoms with van der Waals surface area (Å²) in [4.78, 5) is 42.5. The van der Waals surface area contributed by atoms with Crippen molar-refractivity contribution in [1.29, 1.82) is 0 Å². The van der Waals surface area contributed by atoms with Crippen molar-refractivity contribution in [3.8, 4) is 28.2 Å². The molecule has 5 rings (SSSR count). The molecule has 11 heteroatoms. The molecule has 1 fully saturated rings. The Balaban J connectivity index is 1.54. The van der Waals surface area contributed by atoms with Crippen LogP contribution in [0.5, 0.6) is 5.75 Å². The average molecular weight is 578 g/mol. The summed E-state index contributed by atoms with van der Waals surface area (Å²) in [5.74, 6) is -0.673. The monoisotopic (exact) mass is 577 g/mol. The van der Waals surface area contributed by atoms with Crippen LogP contribution in [0, 0.1) is 0 Å². The van der Waals surface area contributed by atoms with E-state index in [1.807, 2.05) is 0 Å². The molecule has 0 bridgehead atoms. The Bertz CT molecular complexity index is 1590. The molecular formula is C30H28ClN3O7. The third kappa shape index (κ3) is 6.34. The Morgan fingerprint density at radius 1 is 1.15 bits per heavy atom. The standard InChI is InChI=1S/C30H28ClN3O7/c1-39-27-16-34(28(35)14-24(27)23-12-19(31)7-10-22(23)26-15-32-17-41-26)25(13-21-4-2-3-11-40-21)29(36)33-20-8-5-18(6-9-20)30(37)38/h5-10,12,14-17,21,25H,2-4,11,13H2,1H3,(H,33,36)(H,37,38)/t21-,25?/m0/s1. The first kappa shape index (κ1) is 28.1. The van der Waals surface area contributed by atoms with Crippen molar-refractivity contribution in [2.24, 2.45) is 0 Å². The minimum atomic E-state index is -1.07. The molecule has 41 heavy (non-hydrogen) atoms. The molecule has 4 aromatic rings. The number of nitrogens with zero attached hydrogens (tertiary/aromatic N) is 2. The van der Waals surface area contributed by atoms with Crippen LogP contribution in [0.4, 0.5) is 5.69 Å². The molecule has 3 heterocycles. The number of carboxylic acids is 1. The van der Waals surface area contributed by atoms with Crippen LogP contribution in [0.1, 0.15) is 42.1 Å². The first-order valence-corrected chi connectivity index (χ1v) is 13.5. The molecule has 212 valence electrons. The van der Waals surface area contributed by atoms with E-state index in [0.29, 0.717) is 45.5 Å². The van der Waals surface area contributed by atoms with Crippen LogP contribution < -0.4 is 15.6 Å². The van der Waals surface area contributed by atoms with Crippen LogP contribution in [-0.2, 0) is 9.53 Å². The normalized spacial score (nSPS) is 15.7. The van der Waals surface area contributed by atoms with Gasteiger partial charge in [0.1, 0.15) is 11.8 Å². The molecule has 10 nitrogen and oxygen atoms in total. The van der Waals surface area contributed by atoms with Crippen LogP contribution in [0.2, 0.25) is 5.02 Å². The first-order valence-electron chi connectivity index (χ1n) is 13.1. The molecule has 0 radical (unpaired) electrons. The van der Waals surface area contributed by atoms with E-state index in [2.05, 4.69) is 10.3 Å². The zero-order valence-corrected chi connectivity index (χ0v) is 23.0. The molecule has 1 aliphatic heterocycles. The van der Waals surface area contributed by atoms with E-state index in [9.17, 15) is 19.5 Å². The number of carboxylic acid groups (broad SMARTS) is 1. The van der Waals surface area contributed by atoms with Crippen LogP contribution in [0.3, 0.4) is 0 Å². The fourth-order valence-electron chi connectivity index (χ4n) is 4.96. The van der Waals surface area contributed by atoms with E-state index in [1.165, 1.54) is 54.6 Å². The van der Waals surface area contributed by atoms with Crippen LogP contribution in [0.15, 0.2) is 76.5 Å². The number of pyridine rings is 1. The molecule has 1 amide bonds. The third-order valence-electron chi connectivity index (χ3n) is 7.03. The largest absolute Gasteiger partial charge is 0.495 e. The summed E-state index contributed by atoms with van der Waals surface area (Å²) >= 11 is 6.33. The molecular weight excluding hydrogens is 550 g/mol. The highest BCUT2D eigenvalue weighted by atomic mass is 35.5. The second-order valence-electron chi connectivity index (χ2n) is 9.67. The predicted octanol–water partition coefficient (Wildman–Crippen LogP) is 5.67. The van der Waals surface area contributed by atoms with E-state index >= 15 is 0 Å². The minimum absolute atomic E-state index is 0.0948. The zero-order valence-electron chi connectivity index (χ0n) is 22.2. The summed E-state index contributed by atoms with van der Waals surface area (Å²) in [5.41, 5.74) is 1.81. The molecule has 0 aliphatic carbocycles. The predicted molar refractivity (Wildman–Crippen MR) is 152 cm³/mol. The van der Waals surface area contributed by atoms with Crippen molar-refractivity contribution in [2.75, 3.05) is 19.0 Å². The van der Waals surface area contributed by atoms with Gasteiger partial charge in [-0.1, -0.05) is 11.6 Å². The van der Waals surface area contributed by atoms with E-state index in [1.54, 1.807) is 24.4 Å². The summed E-state index contributed by atoms with van der Waals surface area (Å²) in [7, 11) is 1.48. The number of rotatable bonds is 9. The second kappa shape index (κ2) is 12.4. The van der Waals surface area contributed by atoms with Gasteiger partial charge in [-0.15, -0.1) is 0 Å². The Kier molecular flexibility index (Phi) is 8.51. The number of aromatic nitrogens is 2. The van der Waals surface area contributed by atoms with Gasteiger partial charge in [0, 0.05) is 40.9 Å². The fraction of sp³-hybridized carbons (Fsp3) is 0.267. The van der Waals surface area contributed by atoms with E-state index in [4.69, 9.17) is 25.5 Å². The smallest absolute Gasteiger partial charge is 0.335 e. The highest BCUT2D eigenvalue weighted by Gasteiger charge is 2.29. The number of hydrogen-bond acceptors (Lipinski definition) is 7. The lowest BCUT2D eigenvalue weighted by Gasteiger charge is -2.28. The Labute approximate surface area is 240 Å². The van der Waals surface area contributed by atoms with Gasteiger partial charge >= 0.3 is 5.97 Å². The van der Waals surface area contributed by atoms with Crippen LogP contribution in [0.25, 0.3) is 22.5 Å². The molecule has 1 saturated heterocycles. The lowest BCUT2D eigenvalue weighted by molar-refractivity contribution is -0.121. The summed E-state index contributed by atoms with van der Waals surface area (Å²) in [6.07, 6.45) is 7.13. The number of oxazole rings is 1. The highest BCUT2D eigenvalue weighted by molar-refractivity contribution is 6.31. The quantitative estimate of drug-likeness (QED) is 0.260. The number of methoxy groups -OCH3 is 1. The number of ether oxygens (including phenoxy) is 2. The number of carbonyl (C=O) groups excluding carboxylic acids is 1. The van der Waals surface area contributed by atoms with Gasteiger partial charge in [-0.2, -0.15) is 0 Å². The van der Waals surface area contributed by atoms with Gasteiger partial charge in [-0.05, 0) is 67.3 Å². The maximum atomic E-state index is 13.7. The topological polar surface area (TPSA) is 133 Å². The van der Waals surface area contributed by atoms with Crippen LogP contribution in [-0.4, -0.2) is 46.4 Å². The van der Waals surface area contributed by atoms with Crippen molar-refractivity contribution >= 4 is 29.2 Å². The number of halogens is 1. The molecule has 2 atom stereocenters. The number of amides is 1. The van der Waals surface area contributed by atoms with Gasteiger partial charge in [0.05, 0.1) is 31.2 Å². The van der Waals surface area contributed by atoms with Gasteiger partial charge in [0.15, 0.2) is 12.2 Å². The number of hydrogen-bond donors (Lipinski definition) is 2. The van der Waals surface area contributed by atoms with Crippen molar-refractivity contribution in [2.45, 2.75) is 37.8 Å².